The van der Waals surface area contributed by atoms with Crippen molar-refractivity contribution in [2.75, 3.05) is 5.73 Å². The zero-order valence-electron chi connectivity index (χ0n) is 15.9. The van der Waals surface area contributed by atoms with Gasteiger partial charge < -0.3 is 11.1 Å². The molecule has 1 unspecified atom stereocenters. The number of benzene rings is 1. The van der Waals surface area contributed by atoms with Crippen LogP contribution in [0.3, 0.4) is 0 Å². The lowest BCUT2D eigenvalue weighted by atomic mass is 10.1. The number of carbonyl (C=O) groups excluding carboxylic acids is 1. The number of carbonyl (C=O) groups is 1. The number of amides is 1. The molecule has 1 atom stereocenters. The molecule has 1 fully saturated rings. The first kappa shape index (κ1) is 19.8. The van der Waals surface area contributed by atoms with E-state index >= 15 is 0 Å². The van der Waals surface area contributed by atoms with Crippen molar-refractivity contribution in [3.05, 3.63) is 36.0 Å². The van der Waals surface area contributed by atoms with Gasteiger partial charge in [-0.25, -0.2) is 4.98 Å². The zero-order valence-corrected chi connectivity index (χ0v) is 15.9. The molecule has 140 valence electrons. The van der Waals surface area contributed by atoms with Crippen molar-refractivity contribution in [2.45, 2.75) is 58.9 Å². The number of hydrogen-bond acceptors (Lipinski definition) is 5. The molecule has 6 nitrogen and oxygen atoms in total. The summed E-state index contributed by atoms with van der Waals surface area (Å²) in [5.74, 6) is 1.02. The number of nitrogens with two attached hydrogens (primary N) is 1. The number of hydrogen-bond donors (Lipinski definition) is 2. The van der Waals surface area contributed by atoms with Crippen molar-refractivity contribution in [3.8, 4) is 11.4 Å². The van der Waals surface area contributed by atoms with E-state index in [0.717, 1.165) is 31.2 Å². The third kappa shape index (κ3) is 4.77. The van der Waals surface area contributed by atoms with Crippen LogP contribution >= 0.6 is 0 Å². The van der Waals surface area contributed by atoms with Crippen LogP contribution in [0.5, 0.6) is 0 Å². The van der Waals surface area contributed by atoms with Gasteiger partial charge in [-0.3, -0.25) is 4.79 Å². The Kier molecular flexibility index (Phi) is 7.51. The maximum absolute atomic E-state index is 12.4. The summed E-state index contributed by atoms with van der Waals surface area (Å²) >= 11 is 0. The minimum absolute atomic E-state index is 0.0904. The summed E-state index contributed by atoms with van der Waals surface area (Å²) in [6, 6.07) is 9.34. The third-order valence-electron chi connectivity index (χ3n) is 4.55. The number of nitrogen functional groups attached to an aromatic ring is 1. The quantitative estimate of drug-likeness (QED) is 0.848. The summed E-state index contributed by atoms with van der Waals surface area (Å²) in [7, 11) is 0. The van der Waals surface area contributed by atoms with E-state index in [2.05, 4.69) is 20.5 Å². The molecule has 0 aliphatic heterocycles. The molecule has 0 saturated heterocycles. The molecule has 3 N–H and O–H groups in total. The van der Waals surface area contributed by atoms with E-state index in [1.54, 1.807) is 0 Å². The Hall–Kier alpha value is -2.50. The highest BCUT2D eigenvalue weighted by Gasteiger charge is 2.26. The van der Waals surface area contributed by atoms with Crippen LogP contribution in [0.4, 0.5) is 5.82 Å². The van der Waals surface area contributed by atoms with Crippen molar-refractivity contribution < 1.29 is 4.79 Å². The summed E-state index contributed by atoms with van der Waals surface area (Å²) in [5.41, 5.74) is 7.51. The standard InChI is InChI=1S/C18H23N5O.C2H6/c1-2-14(20-18(24)13-10-6-7-11-13)15-16(19)21-17(23-22-15)12-8-4-3-5-9-12;1-2/h3-5,8-9,13-14H,2,6-7,10-11H2,1H3,(H,20,24)(H2,19,21,23);1-2H3. The average Bonchev–Trinajstić information content (AvgIpc) is 3.23. The van der Waals surface area contributed by atoms with Gasteiger partial charge >= 0.3 is 0 Å². The first-order chi connectivity index (χ1) is 12.7. The van der Waals surface area contributed by atoms with Gasteiger partial charge in [0.15, 0.2) is 11.6 Å². The second-order valence-corrected chi connectivity index (χ2v) is 6.22. The largest absolute Gasteiger partial charge is 0.382 e. The Morgan fingerprint density at radius 2 is 1.85 bits per heavy atom. The van der Waals surface area contributed by atoms with Crippen molar-refractivity contribution in [1.82, 2.24) is 20.5 Å². The van der Waals surface area contributed by atoms with E-state index in [9.17, 15) is 4.79 Å². The minimum Gasteiger partial charge on any atom is -0.382 e. The highest BCUT2D eigenvalue weighted by atomic mass is 16.1. The molecule has 26 heavy (non-hydrogen) atoms. The molecule has 1 aromatic heterocycles. The Morgan fingerprint density at radius 3 is 2.42 bits per heavy atom. The fourth-order valence-corrected chi connectivity index (χ4v) is 3.15. The van der Waals surface area contributed by atoms with Crippen molar-refractivity contribution in [1.29, 1.82) is 0 Å². The van der Waals surface area contributed by atoms with Gasteiger partial charge in [0.25, 0.3) is 0 Å². The van der Waals surface area contributed by atoms with Gasteiger partial charge in [0.1, 0.15) is 5.69 Å². The SMILES string of the molecule is CC.CCC(NC(=O)C1CCCC1)c1nnc(-c2ccccc2)nc1N. The molecule has 2 aromatic rings. The lowest BCUT2D eigenvalue weighted by Crippen LogP contribution is -2.34. The van der Waals surface area contributed by atoms with Gasteiger partial charge in [-0.1, -0.05) is 63.9 Å². The van der Waals surface area contributed by atoms with Crippen molar-refractivity contribution >= 4 is 11.7 Å². The molecule has 0 bridgehead atoms. The second-order valence-electron chi connectivity index (χ2n) is 6.22. The van der Waals surface area contributed by atoms with Crippen LogP contribution in [0.1, 0.15) is 64.6 Å². The molecule has 3 rings (SSSR count). The number of rotatable bonds is 5. The fourth-order valence-electron chi connectivity index (χ4n) is 3.15. The molecule has 1 aliphatic rings. The summed E-state index contributed by atoms with van der Waals surface area (Å²) in [6.07, 6.45) is 4.89. The van der Waals surface area contributed by atoms with E-state index in [0.29, 0.717) is 23.8 Å². The van der Waals surface area contributed by atoms with Crippen LogP contribution in [0.2, 0.25) is 0 Å². The molecule has 1 amide bonds. The molecule has 0 spiro atoms. The topological polar surface area (TPSA) is 93.8 Å². The molecule has 6 heteroatoms. The van der Waals surface area contributed by atoms with Crippen LogP contribution in [0.25, 0.3) is 11.4 Å². The molecular formula is C20H29N5O. The fraction of sp³-hybridized carbons (Fsp3) is 0.500. The Labute approximate surface area is 155 Å². The molecule has 1 heterocycles. The van der Waals surface area contributed by atoms with Gasteiger partial charge in [0, 0.05) is 11.5 Å². The molecule has 1 saturated carbocycles. The van der Waals surface area contributed by atoms with Gasteiger partial charge in [-0.05, 0) is 19.3 Å². The monoisotopic (exact) mass is 355 g/mol. The maximum Gasteiger partial charge on any atom is 0.223 e. The van der Waals surface area contributed by atoms with E-state index < -0.39 is 0 Å². The third-order valence-corrected chi connectivity index (χ3v) is 4.55. The summed E-state index contributed by atoms with van der Waals surface area (Å²) in [6.45, 7) is 5.99. The van der Waals surface area contributed by atoms with E-state index in [4.69, 9.17) is 5.73 Å². The molecular weight excluding hydrogens is 326 g/mol. The maximum atomic E-state index is 12.4. The number of nitrogens with zero attached hydrogens (tertiary/aromatic N) is 3. The lowest BCUT2D eigenvalue weighted by Gasteiger charge is -2.19. The molecule has 1 aliphatic carbocycles. The smallest absolute Gasteiger partial charge is 0.223 e. The second kappa shape index (κ2) is 9.85. The first-order valence-electron chi connectivity index (χ1n) is 9.55. The van der Waals surface area contributed by atoms with E-state index in [1.807, 2.05) is 51.1 Å². The Morgan fingerprint density at radius 1 is 1.19 bits per heavy atom. The zero-order chi connectivity index (χ0) is 18.9. The van der Waals surface area contributed by atoms with Crippen molar-refractivity contribution in [2.24, 2.45) is 5.92 Å². The van der Waals surface area contributed by atoms with Crippen molar-refractivity contribution in [3.63, 3.8) is 0 Å². The van der Waals surface area contributed by atoms with E-state index in [-0.39, 0.29) is 17.9 Å². The number of aromatic nitrogens is 3. The normalized spacial score (nSPS) is 15.0. The van der Waals surface area contributed by atoms with Crippen LogP contribution < -0.4 is 11.1 Å². The summed E-state index contributed by atoms with van der Waals surface area (Å²) < 4.78 is 0. The lowest BCUT2D eigenvalue weighted by molar-refractivity contribution is -0.125. The predicted molar refractivity (Wildman–Crippen MR) is 104 cm³/mol. The van der Waals surface area contributed by atoms with E-state index in [1.165, 1.54) is 0 Å². The predicted octanol–water partition coefficient (Wildman–Crippen LogP) is 3.90. The van der Waals surface area contributed by atoms with Gasteiger partial charge in [-0.2, -0.15) is 0 Å². The first-order valence-corrected chi connectivity index (χ1v) is 9.55. The molecule has 1 aromatic carbocycles. The average molecular weight is 355 g/mol. The highest BCUT2D eigenvalue weighted by Crippen LogP contribution is 2.27. The summed E-state index contributed by atoms with van der Waals surface area (Å²) in [4.78, 5) is 16.7. The highest BCUT2D eigenvalue weighted by molar-refractivity contribution is 5.79. The number of anilines is 1. The van der Waals surface area contributed by atoms with Gasteiger partial charge in [-0.15, -0.1) is 10.2 Å². The Bertz CT molecular complexity index is 699. The van der Waals surface area contributed by atoms with Crippen LogP contribution in [-0.4, -0.2) is 21.1 Å². The van der Waals surface area contributed by atoms with Gasteiger partial charge in [0.05, 0.1) is 6.04 Å². The van der Waals surface area contributed by atoms with Gasteiger partial charge in [0.2, 0.25) is 5.91 Å². The van der Waals surface area contributed by atoms with Crippen LogP contribution in [0.15, 0.2) is 30.3 Å². The number of nitrogens with one attached hydrogen (secondary N) is 1. The molecule has 0 radical (unpaired) electrons. The van der Waals surface area contributed by atoms with Crippen LogP contribution in [0, 0.1) is 5.92 Å². The van der Waals surface area contributed by atoms with Crippen LogP contribution in [-0.2, 0) is 4.79 Å². The summed E-state index contributed by atoms with van der Waals surface area (Å²) in [5, 5.41) is 11.5. The minimum atomic E-state index is -0.247. The Balaban J connectivity index is 0.00000117.